The Morgan fingerprint density at radius 1 is 1.12 bits per heavy atom. The Balaban J connectivity index is 1.80. The van der Waals surface area contributed by atoms with Crippen molar-refractivity contribution in [1.29, 1.82) is 0 Å². The van der Waals surface area contributed by atoms with Crippen molar-refractivity contribution < 1.29 is 9.53 Å². The van der Waals surface area contributed by atoms with Crippen LogP contribution in [-0.4, -0.2) is 41.8 Å². The maximum Gasteiger partial charge on any atom is 0.410 e. The minimum atomic E-state index is -0.415. The Kier molecular flexibility index (Phi) is 6.97. The normalized spacial score (nSPS) is 28.9. The van der Waals surface area contributed by atoms with E-state index in [1.165, 1.54) is 32.1 Å². The summed E-state index contributed by atoms with van der Waals surface area (Å²) in [5.41, 5.74) is -0.415. The zero-order valence-corrected chi connectivity index (χ0v) is 16.4. The first-order chi connectivity index (χ1) is 11.3. The van der Waals surface area contributed by atoms with Gasteiger partial charge in [0.1, 0.15) is 5.60 Å². The largest absolute Gasteiger partial charge is 0.444 e. The molecule has 0 aromatic rings. The average Bonchev–Trinajstić information content (AvgIpc) is 2.52. The highest BCUT2D eigenvalue weighted by Gasteiger charge is 2.31. The number of rotatable bonds is 4. The molecule has 2 rings (SSSR count). The van der Waals surface area contributed by atoms with Crippen LogP contribution in [0.2, 0.25) is 0 Å². The Hall–Kier alpha value is -0.770. The van der Waals surface area contributed by atoms with Gasteiger partial charge in [0.05, 0.1) is 0 Å². The van der Waals surface area contributed by atoms with E-state index < -0.39 is 5.60 Å². The highest BCUT2D eigenvalue weighted by Crippen LogP contribution is 2.30. The second-order valence-electron chi connectivity index (χ2n) is 9.09. The van der Waals surface area contributed by atoms with Gasteiger partial charge in [-0.2, -0.15) is 0 Å². The smallest absolute Gasteiger partial charge is 0.410 e. The Labute approximate surface area is 148 Å². The molecule has 0 spiro atoms. The minimum absolute atomic E-state index is 0.141. The molecule has 1 saturated heterocycles. The van der Waals surface area contributed by atoms with Gasteiger partial charge in [0.15, 0.2) is 0 Å². The molecule has 1 atom stereocenters. The minimum Gasteiger partial charge on any atom is -0.444 e. The predicted molar refractivity (Wildman–Crippen MR) is 99.2 cm³/mol. The zero-order chi connectivity index (χ0) is 17.7. The van der Waals surface area contributed by atoms with Crippen LogP contribution in [0.25, 0.3) is 0 Å². The molecule has 1 heterocycles. The van der Waals surface area contributed by atoms with Gasteiger partial charge in [0.2, 0.25) is 0 Å². The maximum atomic E-state index is 12.5. The first-order valence-corrected chi connectivity index (χ1v) is 9.99. The van der Waals surface area contributed by atoms with Crippen molar-refractivity contribution in [2.75, 3.05) is 13.1 Å². The van der Waals surface area contributed by atoms with Crippen molar-refractivity contribution in [3.63, 3.8) is 0 Å². The highest BCUT2D eigenvalue weighted by atomic mass is 16.6. The molecule has 0 bridgehead atoms. The lowest BCUT2D eigenvalue weighted by molar-refractivity contribution is 0.00942. The molecule has 0 unspecified atom stereocenters. The quantitative estimate of drug-likeness (QED) is 0.816. The molecule has 24 heavy (non-hydrogen) atoms. The van der Waals surface area contributed by atoms with Crippen LogP contribution in [0.4, 0.5) is 4.79 Å². The van der Waals surface area contributed by atoms with Gasteiger partial charge >= 0.3 is 6.09 Å². The summed E-state index contributed by atoms with van der Waals surface area (Å²) in [5.74, 6) is 1.71. The van der Waals surface area contributed by atoms with Crippen LogP contribution in [-0.2, 0) is 4.74 Å². The molecule has 1 aliphatic carbocycles. The molecule has 1 amide bonds. The number of piperidine rings is 1. The molecule has 1 saturated carbocycles. The highest BCUT2D eigenvalue weighted by molar-refractivity contribution is 5.68. The number of hydrogen-bond acceptors (Lipinski definition) is 3. The van der Waals surface area contributed by atoms with E-state index in [1.807, 2.05) is 25.7 Å². The number of amides is 1. The lowest BCUT2D eigenvalue weighted by Crippen LogP contribution is -2.51. The number of carbonyl (C=O) groups excluding carboxylic acids is 1. The predicted octanol–water partition coefficient (Wildman–Crippen LogP) is 4.58. The van der Waals surface area contributed by atoms with Gasteiger partial charge < -0.3 is 15.0 Å². The van der Waals surface area contributed by atoms with Gasteiger partial charge in [-0.05, 0) is 77.6 Å². The van der Waals surface area contributed by atoms with Crippen molar-refractivity contribution in [2.45, 2.75) is 97.2 Å². The maximum absolute atomic E-state index is 12.5. The van der Waals surface area contributed by atoms with E-state index in [4.69, 9.17) is 4.74 Å². The van der Waals surface area contributed by atoms with E-state index >= 15 is 0 Å². The van der Waals surface area contributed by atoms with Gasteiger partial charge in [0.25, 0.3) is 0 Å². The molecule has 0 aromatic carbocycles. The molecule has 140 valence electrons. The fourth-order valence-electron chi connectivity index (χ4n) is 4.07. The molecule has 2 fully saturated rings. The van der Waals surface area contributed by atoms with Crippen molar-refractivity contribution in [1.82, 2.24) is 10.2 Å². The third-order valence-electron chi connectivity index (χ3n) is 5.61. The Morgan fingerprint density at radius 3 is 2.38 bits per heavy atom. The average molecular weight is 339 g/mol. The molecule has 4 nitrogen and oxygen atoms in total. The molecule has 1 N–H and O–H groups in total. The van der Waals surface area contributed by atoms with Gasteiger partial charge in [-0.25, -0.2) is 4.79 Å². The third kappa shape index (κ3) is 5.94. The van der Waals surface area contributed by atoms with Crippen molar-refractivity contribution >= 4 is 6.09 Å². The fourth-order valence-corrected chi connectivity index (χ4v) is 4.07. The van der Waals surface area contributed by atoms with Crippen LogP contribution in [0.15, 0.2) is 0 Å². The topological polar surface area (TPSA) is 41.6 Å². The molecular formula is C20H38N2O2. The van der Waals surface area contributed by atoms with E-state index in [0.717, 1.165) is 37.8 Å². The third-order valence-corrected chi connectivity index (χ3v) is 5.61. The Bertz CT molecular complexity index is 395. The number of likely N-dealkylation sites (tertiary alicyclic amines) is 1. The number of nitrogens with zero attached hydrogens (tertiary/aromatic N) is 1. The SMILES string of the molecule is CC(C)[C@H]1CC[C@H](NC[C@@H]2CCCCN2C(=O)OC(C)(C)C)CC1. The summed E-state index contributed by atoms with van der Waals surface area (Å²) < 4.78 is 5.60. The van der Waals surface area contributed by atoms with Gasteiger partial charge in [-0.1, -0.05) is 13.8 Å². The van der Waals surface area contributed by atoms with Crippen LogP contribution >= 0.6 is 0 Å². The number of nitrogens with one attached hydrogen (secondary N) is 1. The summed E-state index contributed by atoms with van der Waals surface area (Å²) >= 11 is 0. The molecule has 1 aliphatic heterocycles. The number of carbonyl (C=O) groups is 1. The molecule has 0 aromatic heterocycles. The van der Waals surface area contributed by atoms with E-state index in [-0.39, 0.29) is 12.1 Å². The second kappa shape index (κ2) is 8.55. The molecule has 0 radical (unpaired) electrons. The van der Waals surface area contributed by atoms with E-state index in [1.54, 1.807) is 0 Å². The van der Waals surface area contributed by atoms with E-state index in [2.05, 4.69) is 19.2 Å². The Morgan fingerprint density at radius 2 is 1.79 bits per heavy atom. The van der Waals surface area contributed by atoms with E-state index in [9.17, 15) is 4.79 Å². The first-order valence-electron chi connectivity index (χ1n) is 9.99. The van der Waals surface area contributed by atoms with Crippen LogP contribution in [0, 0.1) is 11.8 Å². The van der Waals surface area contributed by atoms with Crippen LogP contribution in [0.1, 0.15) is 79.6 Å². The summed E-state index contributed by atoms with van der Waals surface area (Å²) in [6, 6.07) is 0.916. The monoisotopic (exact) mass is 338 g/mol. The van der Waals surface area contributed by atoms with E-state index in [0.29, 0.717) is 6.04 Å². The van der Waals surface area contributed by atoms with Crippen molar-refractivity contribution in [3.8, 4) is 0 Å². The molecular weight excluding hydrogens is 300 g/mol. The van der Waals surface area contributed by atoms with Gasteiger partial charge in [0, 0.05) is 25.2 Å². The standard InChI is InChI=1S/C20H38N2O2/c1-15(2)16-9-11-17(12-10-16)21-14-18-8-6-7-13-22(18)19(23)24-20(3,4)5/h15-18,21H,6-14H2,1-5H3/t16-,17-,18-/m0/s1. The zero-order valence-electron chi connectivity index (χ0n) is 16.4. The summed E-state index contributed by atoms with van der Waals surface area (Å²) in [5, 5.41) is 3.75. The lowest BCUT2D eigenvalue weighted by Gasteiger charge is -2.38. The summed E-state index contributed by atoms with van der Waals surface area (Å²) in [7, 11) is 0. The first kappa shape index (κ1) is 19.6. The van der Waals surface area contributed by atoms with Crippen molar-refractivity contribution in [2.24, 2.45) is 11.8 Å². The van der Waals surface area contributed by atoms with Crippen molar-refractivity contribution in [3.05, 3.63) is 0 Å². The summed E-state index contributed by atoms with van der Waals surface area (Å²) in [6.07, 6.45) is 8.50. The molecule has 4 heteroatoms. The lowest BCUT2D eigenvalue weighted by atomic mass is 9.79. The fraction of sp³-hybridized carbons (Fsp3) is 0.950. The summed E-state index contributed by atoms with van der Waals surface area (Å²) in [4.78, 5) is 14.4. The second-order valence-corrected chi connectivity index (χ2v) is 9.09. The molecule has 2 aliphatic rings. The van der Waals surface area contributed by atoms with Gasteiger partial charge in [-0.15, -0.1) is 0 Å². The number of hydrogen-bond donors (Lipinski definition) is 1. The number of ether oxygens (including phenoxy) is 1. The van der Waals surface area contributed by atoms with Gasteiger partial charge in [-0.3, -0.25) is 0 Å². The van der Waals surface area contributed by atoms with Crippen LogP contribution in [0.5, 0.6) is 0 Å². The van der Waals surface area contributed by atoms with Crippen LogP contribution < -0.4 is 5.32 Å². The summed E-state index contributed by atoms with van der Waals surface area (Å²) in [6.45, 7) is 12.3. The van der Waals surface area contributed by atoms with Crippen LogP contribution in [0.3, 0.4) is 0 Å².